The third-order valence-corrected chi connectivity index (χ3v) is 5.70. The number of rotatable bonds is 12. The van der Waals surface area contributed by atoms with Crippen molar-refractivity contribution in [3.63, 3.8) is 0 Å². The number of hydrogen-bond acceptors (Lipinski definition) is 6. The third-order valence-electron chi connectivity index (χ3n) is 5.47. The highest BCUT2D eigenvalue weighted by Gasteiger charge is 2.19. The van der Waals surface area contributed by atoms with E-state index in [9.17, 15) is 4.79 Å². The number of carbonyl (C=O) groups excluding carboxylic acids is 1. The molecule has 182 valence electrons. The van der Waals surface area contributed by atoms with Crippen molar-refractivity contribution < 1.29 is 19.0 Å². The molecule has 0 aliphatic rings. The number of halogens is 1. The van der Waals surface area contributed by atoms with Gasteiger partial charge in [-0.25, -0.2) is 9.67 Å². The topological polar surface area (TPSA) is 75.5 Å². The zero-order valence-corrected chi connectivity index (χ0v) is 21.0. The zero-order chi connectivity index (χ0) is 24.5. The average molecular weight is 486 g/mol. The van der Waals surface area contributed by atoms with Crippen LogP contribution in [0.4, 0.5) is 0 Å². The summed E-state index contributed by atoms with van der Waals surface area (Å²) in [4.78, 5) is 15.9. The summed E-state index contributed by atoms with van der Waals surface area (Å²) in [5.41, 5.74) is 2.27. The first-order valence-corrected chi connectivity index (χ1v) is 12.1. The molecule has 2 aromatic heterocycles. The minimum Gasteiger partial charge on any atom is -0.490 e. The van der Waals surface area contributed by atoms with Crippen LogP contribution in [0.2, 0.25) is 5.02 Å². The largest absolute Gasteiger partial charge is 0.490 e. The number of benzene rings is 1. The predicted octanol–water partition coefficient (Wildman–Crippen LogP) is 6.16. The summed E-state index contributed by atoms with van der Waals surface area (Å²) in [7, 11) is 0. The summed E-state index contributed by atoms with van der Waals surface area (Å²) in [5, 5.41) is 5.46. The minimum atomic E-state index is -0.406. The molecule has 0 N–H and O–H groups in total. The van der Waals surface area contributed by atoms with E-state index in [1.165, 1.54) is 12.5 Å². The highest BCUT2D eigenvalue weighted by molar-refractivity contribution is 6.30. The van der Waals surface area contributed by atoms with Crippen molar-refractivity contribution in [2.45, 2.75) is 59.3 Å². The first-order valence-electron chi connectivity index (χ1n) is 11.7. The van der Waals surface area contributed by atoms with Crippen LogP contribution in [0.1, 0.15) is 64.1 Å². The van der Waals surface area contributed by atoms with Crippen molar-refractivity contribution in [1.29, 1.82) is 0 Å². The molecule has 0 fully saturated rings. The van der Waals surface area contributed by atoms with E-state index in [1.807, 2.05) is 29.9 Å². The monoisotopic (exact) mass is 485 g/mol. The third kappa shape index (κ3) is 6.50. The number of carbonyl (C=O) groups is 1. The van der Waals surface area contributed by atoms with Crippen molar-refractivity contribution >= 4 is 17.6 Å². The average Bonchev–Trinajstić information content (AvgIpc) is 3.23. The van der Waals surface area contributed by atoms with Gasteiger partial charge in [-0.15, -0.1) is 0 Å². The second-order valence-electron chi connectivity index (χ2n) is 7.89. The molecule has 0 unspecified atom stereocenters. The van der Waals surface area contributed by atoms with E-state index in [-0.39, 0.29) is 0 Å². The molecule has 2 heterocycles. The van der Waals surface area contributed by atoms with Crippen molar-refractivity contribution in [3.05, 3.63) is 59.0 Å². The Hall–Kier alpha value is -3.06. The number of aromatic nitrogens is 3. The fourth-order valence-corrected chi connectivity index (χ4v) is 3.95. The lowest BCUT2D eigenvalue weighted by Crippen LogP contribution is -2.08. The molecule has 7 nitrogen and oxygen atoms in total. The van der Waals surface area contributed by atoms with E-state index >= 15 is 0 Å². The Balaban J connectivity index is 1.75. The molecule has 0 radical (unpaired) electrons. The van der Waals surface area contributed by atoms with Gasteiger partial charge in [0.25, 0.3) is 0 Å². The summed E-state index contributed by atoms with van der Waals surface area (Å²) in [5.74, 6) is 2.06. The Morgan fingerprint density at radius 1 is 1.09 bits per heavy atom. The number of para-hydroxylation sites is 1. The molecule has 8 heteroatoms. The lowest BCUT2D eigenvalue weighted by Gasteiger charge is -2.15. The second-order valence-corrected chi connectivity index (χ2v) is 8.33. The van der Waals surface area contributed by atoms with Gasteiger partial charge in [0.15, 0.2) is 17.3 Å². The summed E-state index contributed by atoms with van der Waals surface area (Å²) in [6.45, 7) is 8.55. The molecule has 3 rings (SSSR count). The van der Waals surface area contributed by atoms with E-state index in [4.69, 9.17) is 30.9 Å². The molecule has 34 heavy (non-hydrogen) atoms. The van der Waals surface area contributed by atoms with Crippen molar-refractivity contribution in [1.82, 2.24) is 14.8 Å². The molecule has 0 aliphatic carbocycles. The number of aryl methyl sites for hydroxylation is 1. The maximum Gasteiger partial charge on any atom is 0.308 e. The van der Waals surface area contributed by atoms with Gasteiger partial charge in [-0.05, 0) is 62.4 Å². The number of hydrogen-bond donors (Lipinski definition) is 0. The van der Waals surface area contributed by atoms with Crippen LogP contribution in [0.25, 0.3) is 5.82 Å². The van der Waals surface area contributed by atoms with Gasteiger partial charge < -0.3 is 14.2 Å². The summed E-state index contributed by atoms with van der Waals surface area (Å²) in [6.07, 6.45) is 7.24. The normalized spacial score (nSPS) is 11.0. The summed E-state index contributed by atoms with van der Waals surface area (Å²) >= 11 is 5.99. The Labute approximate surface area is 206 Å². The maximum atomic E-state index is 11.5. The molecule has 0 bridgehead atoms. The number of esters is 1. The Morgan fingerprint density at radius 2 is 1.85 bits per heavy atom. The van der Waals surface area contributed by atoms with Crippen molar-refractivity contribution in [3.8, 4) is 23.1 Å². The molecular formula is C26H32ClN3O4. The Morgan fingerprint density at radius 3 is 2.50 bits per heavy atom. The van der Waals surface area contributed by atoms with E-state index in [2.05, 4.69) is 18.8 Å². The fraction of sp³-hybridized carbons (Fsp3) is 0.423. The molecule has 0 spiro atoms. The molecule has 0 atom stereocenters. The van der Waals surface area contributed by atoms with Crippen molar-refractivity contribution in [2.75, 3.05) is 13.2 Å². The zero-order valence-electron chi connectivity index (χ0n) is 20.2. The summed E-state index contributed by atoms with van der Waals surface area (Å²) < 4.78 is 18.9. The van der Waals surface area contributed by atoms with Crippen LogP contribution >= 0.6 is 11.6 Å². The van der Waals surface area contributed by atoms with Gasteiger partial charge in [-0.1, -0.05) is 31.5 Å². The van der Waals surface area contributed by atoms with E-state index in [0.717, 1.165) is 37.2 Å². The highest BCUT2D eigenvalue weighted by atomic mass is 35.5. The quantitative estimate of drug-likeness (QED) is 0.174. The van der Waals surface area contributed by atoms with Crippen LogP contribution in [-0.2, 0) is 11.2 Å². The van der Waals surface area contributed by atoms with Crippen LogP contribution in [0.5, 0.6) is 17.2 Å². The smallest absolute Gasteiger partial charge is 0.308 e. The summed E-state index contributed by atoms with van der Waals surface area (Å²) in [6, 6.07) is 8.96. The van der Waals surface area contributed by atoms with Crippen LogP contribution in [0.3, 0.4) is 0 Å². The van der Waals surface area contributed by atoms with E-state index in [0.29, 0.717) is 41.4 Å². The van der Waals surface area contributed by atoms with Gasteiger partial charge in [0.2, 0.25) is 5.75 Å². The molecule has 1 aromatic carbocycles. The molecule has 0 saturated heterocycles. The van der Waals surface area contributed by atoms with Crippen molar-refractivity contribution in [2.24, 2.45) is 0 Å². The number of ether oxygens (including phenoxy) is 3. The lowest BCUT2D eigenvalue weighted by molar-refractivity contribution is -0.132. The first-order chi connectivity index (χ1) is 16.5. The van der Waals surface area contributed by atoms with Gasteiger partial charge in [0.1, 0.15) is 0 Å². The second kappa shape index (κ2) is 12.4. The van der Waals surface area contributed by atoms with Gasteiger partial charge >= 0.3 is 5.97 Å². The van der Waals surface area contributed by atoms with Gasteiger partial charge in [-0.3, -0.25) is 4.79 Å². The molecule has 3 aromatic rings. The minimum absolute atomic E-state index is 0.359. The Bertz CT molecular complexity index is 1080. The number of pyridine rings is 1. The van der Waals surface area contributed by atoms with E-state index in [1.54, 1.807) is 24.4 Å². The van der Waals surface area contributed by atoms with Gasteiger partial charge in [-0.2, -0.15) is 5.10 Å². The molecule has 0 aliphatic heterocycles. The Kier molecular flexibility index (Phi) is 9.33. The van der Waals surface area contributed by atoms with Crippen LogP contribution in [0.15, 0.2) is 42.7 Å². The number of nitrogens with zero attached hydrogens (tertiary/aromatic N) is 3. The van der Waals surface area contributed by atoms with Crippen LogP contribution in [-0.4, -0.2) is 33.9 Å². The molecule has 0 saturated carbocycles. The van der Waals surface area contributed by atoms with Gasteiger partial charge in [0, 0.05) is 25.2 Å². The SMILES string of the molecule is CCOc1cccc(OC(C)=O)c1OCCCc1cn(-c2ccc(Cl)cn2)nc1C(CC)CC. The lowest BCUT2D eigenvalue weighted by atomic mass is 9.95. The molecule has 0 amide bonds. The molecular weight excluding hydrogens is 454 g/mol. The first kappa shape index (κ1) is 25.6. The van der Waals surface area contributed by atoms with Crippen LogP contribution < -0.4 is 14.2 Å². The fourth-order valence-electron chi connectivity index (χ4n) is 3.83. The van der Waals surface area contributed by atoms with Crippen LogP contribution in [0, 0.1) is 0 Å². The standard InChI is InChI=1S/C26H32ClN3O4/c1-5-19(6-2)25-20(17-30(29-25)24-14-13-21(27)16-28-24)10-9-15-33-26-22(32-7-3)11-8-12-23(26)34-18(4)31/h8,11-14,16-17,19H,5-7,9-10,15H2,1-4H3. The predicted molar refractivity (Wildman–Crippen MR) is 132 cm³/mol. The highest BCUT2D eigenvalue weighted by Crippen LogP contribution is 2.37. The van der Waals surface area contributed by atoms with E-state index < -0.39 is 5.97 Å². The van der Waals surface area contributed by atoms with Gasteiger partial charge in [0.05, 0.1) is 23.9 Å². The maximum absolute atomic E-state index is 11.5.